The fourth-order valence-corrected chi connectivity index (χ4v) is 5.89. The molecule has 0 saturated heterocycles. The Hall–Kier alpha value is -4.52. The van der Waals surface area contributed by atoms with Gasteiger partial charge in [-0.1, -0.05) is 42.5 Å². The average Bonchev–Trinajstić information content (AvgIpc) is 3.55. The van der Waals surface area contributed by atoms with E-state index in [1.807, 2.05) is 24.3 Å². The third-order valence-electron chi connectivity index (χ3n) is 7.21. The lowest BCUT2D eigenvalue weighted by molar-refractivity contribution is -0.139. The second-order valence-electron chi connectivity index (χ2n) is 10.7. The van der Waals surface area contributed by atoms with E-state index in [-0.39, 0.29) is 19.0 Å². The third kappa shape index (κ3) is 5.99. The van der Waals surface area contributed by atoms with E-state index in [2.05, 4.69) is 40.2 Å². The first-order valence-electron chi connectivity index (χ1n) is 13.3. The van der Waals surface area contributed by atoms with Crippen molar-refractivity contribution < 1.29 is 19.5 Å². The minimum absolute atomic E-state index is 0.0181. The van der Waals surface area contributed by atoms with E-state index in [0.29, 0.717) is 11.1 Å². The van der Waals surface area contributed by atoms with Crippen LogP contribution in [0.1, 0.15) is 53.1 Å². The number of benzene rings is 3. The molecule has 9 heteroatoms. The van der Waals surface area contributed by atoms with Crippen LogP contribution < -0.4 is 16.0 Å². The number of thiophene rings is 1. The van der Waals surface area contributed by atoms with Crippen molar-refractivity contribution in [3.8, 4) is 16.5 Å². The summed E-state index contributed by atoms with van der Waals surface area (Å²) >= 11 is 1.55. The monoisotopic (exact) mass is 566 g/mol. The normalized spacial score (nSPS) is 13.7. The van der Waals surface area contributed by atoms with E-state index in [9.17, 15) is 19.5 Å². The molecule has 3 aromatic carbocycles. The summed E-state index contributed by atoms with van der Waals surface area (Å²) in [6.45, 7) is 3.26. The fraction of sp³-hybridized carbons (Fsp3) is 0.250. The summed E-state index contributed by atoms with van der Waals surface area (Å²) in [4.78, 5) is 39.5. The maximum atomic E-state index is 13.7. The third-order valence-corrected chi connectivity index (χ3v) is 8.66. The fourth-order valence-electron chi connectivity index (χ4n) is 4.89. The summed E-state index contributed by atoms with van der Waals surface area (Å²) in [5.74, 6) is -2.05. The Morgan fingerprint density at radius 3 is 2.39 bits per heavy atom. The van der Waals surface area contributed by atoms with E-state index in [1.54, 1.807) is 55.5 Å². The Morgan fingerprint density at radius 1 is 0.976 bits per heavy atom. The molecule has 0 spiro atoms. The molecular weight excluding hydrogens is 536 g/mol. The Morgan fingerprint density at radius 2 is 1.68 bits per heavy atom. The van der Waals surface area contributed by atoms with Gasteiger partial charge >= 0.3 is 11.8 Å². The molecule has 0 radical (unpaired) electrons. The summed E-state index contributed by atoms with van der Waals surface area (Å²) < 4.78 is 0. The van der Waals surface area contributed by atoms with Gasteiger partial charge in [0.1, 0.15) is 6.54 Å². The van der Waals surface area contributed by atoms with Crippen molar-refractivity contribution in [2.75, 3.05) is 6.54 Å². The number of carbonyl (C=O) groups excluding carboxylic acids is 3. The first-order valence-corrected chi connectivity index (χ1v) is 14.1. The smallest absolute Gasteiger partial charge is 0.310 e. The number of amides is 3. The zero-order valence-corrected chi connectivity index (χ0v) is 23.6. The second kappa shape index (κ2) is 11.2. The van der Waals surface area contributed by atoms with Crippen LogP contribution in [0.5, 0.6) is 0 Å². The highest BCUT2D eigenvalue weighted by atomic mass is 32.1. The molecule has 1 heterocycles. The number of hydrogen-bond acceptors (Lipinski definition) is 6. The highest BCUT2D eigenvalue weighted by Gasteiger charge is 2.47. The summed E-state index contributed by atoms with van der Waals surface area (Å²) in [7, 11) is 0. The van der Waals surface area contributed by atoms with Gasteiger partial charge in [0.2, 0.25) is 0 Å². The molecule has 3 amide bonds. The summed E-state index contributed by atoms with van der Waals surface area (Å²) in [5.41, 5.74) is 1.57. The number of fused-ring (bicyclic) bond motifs is 1. The Bertz CT molecular complexity index is 1690. The van der Waals surface area contributed by atoms with Crippen LogP contribution in [-0.2, 0) is 27.3 Å². The molecule has 4 aromatic rings. The van der Waals surface area contributed by atoms with Crippen LogP contribution in [0.3, 0.4) is 0 Å². The number of nitriles is 1. The zero-order valence-electron chi connectivity index (χ0n) is 22.8. The van der Waals surface area contributed by atoms with Gasteiger partial charge in [0, 0.05) is 21.9 Å². The van der Waals surface area contributed by atoms with Crippen molar-refractivity contribution in [3.05, 3.63) is 94.4 Å². The van der Waals surface area contributed by atoms with Crippen LogP contribution in [0, 0.1) is 11.3 Å². The number of rotatable bonds is 8. The number of nitrogens with one attached hydrogen (secondary N) is 3. The predicted octanol–water partition coefficient (Wildman–Crippen LogP) is 4.47. The lowest BCUT2D eigenvalue weighted by Crippen LogP contribution is -2.40. The minimum Gasteiger partial charge on any atom is -0.385 e. The second-order valence-corrected chi connectivity index (χ2v) is 11.8. The maximum Gasteiger partial charge on any atom is 0.310 e. The maximum absolute atomic E-state index is 13.7. The molecule has 1 aromatic heterocycles. The van der Waals surface area contributed by atoms with Crippen LogP contribution in [0.2, 0.25) is 0 Å². The van der Waals surface area contributed by atoms with Gasteiger partial charge in [0.05, 0.1) is 17.2 Å². The lowest BCUT2D eigenvalue weighted by atomic mass is 9.93. The van der Waals surface area contributed by atoms with Gasteiger partial charge < -0.3 is 21.1 Å². The Labute approximate surface area is 242 Å². The first kappa shape index (κ1) is 28.0. The standard InChI is InChI=1S/C32H30N4O4S/c1-31(2,40)27-12-11-26(41-27)22-17-20-7-3-5-9-23(20)25(18-22)32(13-14-32)36-28(37)24-10-6-4-8-21(24)19-35-30(39)29(38)34-16-15-33/h3-12,17-18,40H,13-14,16,19H2,1-2H3,(H,34,38)(H,35,39)(H,36,37). The van der Waals surface area contributed by atoms with Crippen LogP contribution in [0.25, 0.3) is 21.2 Å². The summed E-state index contributed by atoms with van der Waals surface area (Å²) in [5, 5.41) is 29.2. The van der Waals surface area contributed by atoms with Gasteiger partial charge in [-0.3, -0.25) is 14.4 Å². The van der Waals surface area contributed by atoms with Gasteiger partial charge in [-0.15, -0.1) is 11.3 Å². The predicted molar refractivity (Wildman–Crippen MR) is 158 cm³/mol. The van der Waals surface area contributed by atoms with Gasteiger partial charge in [0.25, 0.3) is 5.91 Å². The first-order chi connectivity index (χ1) is 19.6. The van der Waals surface area contributed by atoms with E-state index in [0.717, 1.165) is 44.5 Å². The van der Waals surface area contributed by atoms with Crippen molar-refractivity contribution in [3.63, 3.8) is 0 Å². The molecule has 0 unspecified atom stereocenters. The van der Waals surface area contributed by atoms with Crippen molar-refractivity contribution in [2.45, 2.75) is 44.4 Å². The van der Waals surface area contributed by atoms with Gasteiger partial charge in [-0.2, -0.15) is 5.26 Å². The Kier molecular flexibility index (Phi) is 7.63. The summed E-state index contributed by atoms with van der Waals surface area (Å²) in [6.07, 6.45) is 1.56. The number of hydrogen-bond donors (Lipinski definition) is 4. The number of aliphatic hydroxyl groups is 1. The molecule has 0 atom stereocenters. The SMILES string of the molecule is CC(C)(O)c1ccc(-c2cc(C3(NC(=O)c4ccccc4CNC(=O)C(=O)NCC#N)CC3)c3ccccc3c2)s1. The molecule has 1 aliphatic rings. The molecule has 41 heavy (non-hydrogen) atoms. The van der Waals surface area contributed by atoms with Gasteiger partial charge in [-0.05, 0) is 84.5 Å². The molecular formula is C32H30N4O4S. The molecule has 0 aliphatic heterocycles. The average molecular weight is 567 g/mol. The van der Waals surface area contributed by atoms with Crippen molar-refractivity contribution in [1.82, 2.24) is 16.0 Å². The molecule has 0 bridgehead atoms. The van der Waals surface area contributed by atoms with Crippen LogP contribution in [-0.4, -0.2) is 29.4 Å². The van der Waals surface area contributed by atoms with E-state index < -0.39 is 23.0 Å². The topological polar surface area (TPSA) is 131 Å². The minimum atomic E-state index is -0.929. The highest BCUT2D eigenvalue weighted by Crippen LogP contribution is 2.50. The number of nitrogens with zero attached hydrogens (tertiary/aromatic N) is 1. The molecule has 1 fully saturated rings. The van der Waals surface area contributed by atoms with Crippen LogP contribution in [0.15, 0.2) is 72.8 Å². The molecule has 8 nitrogen and oxygen atoms in total. The highest BCUT2D eigenvalue weighted by molar-refractivity contribution is 7.15. The zero-order chi connectivity index (χ0) is 29.2. The van der Waals surface area contributed by atoms with Crippen molar-refractivity contribution in [2.24, 2.45) is 0 Å². The van der Waals surface area contributed by atoms with Crippen LogP contribution in [0.4, 0.5) is 0 Å². The summed E-state index contributed by atoms with van der Waals surface area (Å²) in [6, 6.07) is 25.1. The molecule has 1 saturated carbocycles. The van der Waals surface area contributed by atoms with Gasteiger partial charge in [-0.25, -0.2) is 0 Å². The largest absolute Gasteiger partial charge is 0.385 e. The molecule has 5 rings (SSSR count). The van der Waals surface area contributed by atoms with Gasteiger partial charge in [0.15, 0.2) is 0 Å². The van der Waals surface area contributed by atoms with Crippen LogP contribution >= 0.6 is 11.3 Å². The molecule has 208 valence electrons. The molecule has 4 N–H and O–H groups in total. The lowest BCUT2D eigenvalue weighted by Gasteiger charge is -2.22. The van der Waals surface area contributed by atoms with E-state index in [1.165, 1.54) is 0 Å². The van der Waals surface area contributed by atoms with E-state index in [4.69, 9.17) is 5.26 Å². The Balaban J connectivity index is 1.42. The molecule has 1 aliphatic carbocycles. The van der Waals surface area contributed by atoms with Crippen molar-refractivity contribution >= 4 is 39.8 Å². The van der Waals surface area contributed by atoms with E-state index >= 15 is 0 Å². The quantitative estimate of drug-likeness (QED) is 0.185. The van der Waals surface area contributed by atoms with Crippen molar-refractivity contribution in [1.29, 1.82) is 5.26 Å². The number of carbonyl (C=O) groups is 3.